The van der Waals surface area contributed by atoms with Gasteiger partial charge < -0.3 is 16.3 Å². The van der Waals surface area contributed by atoms with Crippen LogP contribution in [0, 0.1) is 0 Å². The third-order valence-corrected chi connectivity index (χ3v) is 2.24. The van der Waals surface area contributed by atoms with Crippen molar-refractivity contribution in [3.63, 3.8) is 0 Å². The van der Waals surface area contributed by atoms with Crippen molar-refractivity contribution >= 4 is 5.84 Å². The number of oxime groups is 1. The minimum atomic E-state index is 0.140. The van der Waals surface area contributed by atoms with Gasteiger partial charge >= 0.3 is 0 Å². The SMILES string of the molecule is C=CCCNCc1ccccc1/C(N)=N\O. The number of nitrogens with two attached hydrogens (primary N) is 1. The van der Waals surface area contributed by atoms with Crippen LogP contribution in [-0.4, -0.2) is 17.6 Å². The molecule has 0 aliphatic carbocycles. The largest absolute Gasteiger partial charge is 0.409 e. The molecule has 0 atom stereocenters. The smallest absolute Gasteiger partial charge is 0.170 e. The molecular weight excluding hydrogens is 202 g/mol. The van der Waals surface area contributed by atoms with E-state index >= 15 is 0 Å². The zero-order valence-corrected chi connectivity index (χ0v) is 9.19. The van der Waals surface area contributed by atoms with Crippen LogP contribution in [0.5, 0.6) is 0 Å². The van der Waals surface area contributed by atoms with Gasteiger partial charge in [-0.25, -0.2) is 0 Å². The Bertz CT molecular complexity index is 374. The van der Waals surface area contributed by atoms with Gasteiger partial charge in [0.1, 0.15) is 0 Å². The van der Waals surface area contributed by atoms with E-state index in [2.05, 4.69) is 17.1 Å². The first-order chi connectivity index (χ1) is 7.79. The van der Waals surface area contributed by atoms with Crippen molar-refractivity contribution < 1.29 is 5.21 Å². The van der Waals surface area contributed by atoms with Crippen LogP contribution >= 0.6 is 0 Å². The summed E-state index contributed by atoms with van der Waals surface area (Å²) in [4.78, 5) is 0. The van der Waals surface area contributed by atoms with E-state index in [0.717, 1.165) is 24.1 Å². The van der Waals surface area contributed by atoms with Gasteiger partial charge in [0.05, 0.1) is 0 Å². The van der Waals surface area contributed by atoms with E-state index in [9.17, 15) is 0 Å². The predicted molar refractivity (Wildman–Crippen MR) is 65.5 cm³/mol. The first kappa shape index (κ1) is 12.3. The van der Waals surface area contributed by atoms with Gasteiger partial charge in [-0.05, 0) is 18.5 Å². The predicted octanol–water partition coefficient (Wildman–Crippen LogP) is 1.45. The van der Waals surface area contributed by atoms with E-state index in [1.54, 1.807) is 0 Å². The van der Waals surface area contributed by atoms with Crippen molar-refractivity contribution in [3.8, 4) is 0 Å². The van der Waals surface area contributed by atoms with Crippen LogP contribution < -0.4 is 11.1 Å². The summed E-state index contributed by atoms with van der Waals surface area (Å²) in [5.74, 6) is 0.140. The molecular formula is C12H17N3O. The molecule has 1 rings (SSSR count). The molecule has 0 unspecified atom stereocenters. The molecule has 16 heavy (non-hydrogen) atoms. The molecule has 0 bridgehead atoms. The van der Waals surface area contributed by atoms with Crippen molar-refractivity contribution in [1.82, 2.24) is 5.32 Å². The fourth-order valence-corrected chi connectivity index (χ4v) is 1.41. The quantitative estimate of drug-likeness (QED) is 0.169. The number of amidine groups is 1. The third-order valence-electron chi connectivity index (χ3n) is 2.24. The summed E-state index contributed by atoms with van der Waals surface area (Å²) in [6.45, 7) is 5.22. The second-order valence-corrected chi connectivity index (χ2v) is 3.40. The number of hydrogen-bond acceptors (Lipinski definition) is 3. The molecule has 4 N–H and O–H groups in total. The van der Waals surface area contributed by atoms with Gasteiger partial charge in [-0.2, -0.15) is 0 Å². The lowest BCUT2D eigenvalue weighted by atomic mass is 10.1. The molecule has 0 radical (unpaired) electrons. The standard InChI is InChI=1S/C12H17N3O/c1-2-3-8-14-9-10-6-4-5-7-11(10)12(13)15-16/h2,4-7,14,16H,1,3,8-9H2,(H2,13,15). The maximum absolute atomic E-state index is 8.65. The summed E-state index contributed by atoms with van der Waals surface area (Å²) in [5, 5.41) is 14.9. The molecule has 0 aliphatic heterocycles. The highest BCUT2D eigenvalue weighted by Gasteiger charge is 2.04. The van der Waals surface area contributed by atoms with Crippen LogP contribution in [-0.2, 0) is 6.54 Å². The molecule has 0 aliphatic rings. The number of nitrogens with zero attached hydrogens (tertiary/aromatic N) is 1. The number of nitrogens with one attached hydrogen (secondary N) is 1. The highest BCUT2D eigenvalue weighted by molar-refractivity contribution is 5.98. The highest BCUT2D eigenvalue weighted by atomic mass is 16.4. The first-order valence-corrected chi connectivity index (χ1v) is 5.17. The number of rotatable bonds is 6. The summed E-state index contributed by atoms with van der Waals surface area (Å²) in [5.41, 5.74) is 7.36. The minimum absolute atomic E-state index is 0.140. The van der Waals surface area contributed by atoms with Gasteiger partial charge in [0.15, 0.2) is 5.84 Å². The molecule has 0 heterocycles. The lowest BCUT2D eigenvalue weighted by Crippen LogP contribution is -2.20. The molecule has 86 valence electrons. The zero-order valence-electron chi connectivity index (χ0n) is 9.19. The Morgan fingerprint density at radius 3 is 2.94 bits per heavy atom. The zero-order chi connectivity index (χ0) is 11.8. The summed E-state index contributed by atoms with van der Waals surface area (Å²) in [6.07, 6.45) is 2.79. The fourth-order valence-electron chi connectivity index (χ4n) is 1.41. The van der Waals surface area contributed by atoms with Crippen LogP contribution in [0.25, 0.3) is 0 Å². The normalized spacial score (nSPS) is 11.4. The van der Waals surface area contributed by atoms with Crippen molar-refractivity contribution in [2.75, 3.05) is 6.54 Å². The van der Waals surface area contributed by atoms with Crippen LogP contribution in [0.1, 0.15) is 17.5 Å². The van der Waals surface area contributed by atoms with Crippen LogP contribution in [0.2, 0.25) is 0 Å². The maximum Gasteiger partial charge on any atom is 0.170 e. The van der Waals surface area contributed by atoms with Gasteiger partial charge in [-0.1, -0.05) is 35.5 Å². The Hall–Kier alpha value is -1.81. The lowest BCUT2D eigenvalue weighted by molar-refractivity contribution is 0.318. The molecule has 4 heteroatoms. The molecule has 0 aromatic heterocycles. The fraction of sp³-hybridized carbons (Fsp3) is 0.250. The Kier molecular flexibility index (Phi) is 5.08. The topological polar surface area (TPSA) is 70.6 Å². The molecule has 4 nitrogen and oxygen atoms in total. The lowest BCUT2D eigenvalue weighted by Gasteiger charge is -2.08. The Morgan fingerprint density at radius 1 is 1.50 bits per heavy atom. The van der Waals surface area contributed by atoms with E-state index in [1.165, 1.54) is 0 Å². The number of benzene rings is 1. The maximum atomic E-state index is 8.65. The monoisotopic (exact) mass is 219 g/mol. The molecule has 1 aromatic carbocycles. The van der Waals surface area contributed by atoms with Crippen LogP contribution in [0.15, 0.2) is 42.1 Å². The Balaban J connectivity index is 2.68. The summed E-state index contributed by atoms with van der Waals surface area (Å²) < 4.78 is 0. The molecule has 0 fully saturated rings. The number of hydrogen-bond donors (Lipinski definition) is 3. The summed E-state index contributed by atoms with van der Waals surface area (Å²) in [6, 6.07) is 7.58. The van der Waals surface area contributed by atoms with E-state index in [0.29, 0.717) is 6.54 Å². The van der Waals surface area contributed by atoms with E-state index in [4.69, 9.17) is 10.9 Å². The van der Waals surface area contributed by atoms with Gasteiger partial charge in [0.25, 0.3) is 0 Å². The third kappa shape index (κ3) is 3.40. The Morgan fingerprint density at radius 2 is 2.25 bits per heavy atom. The van der Waals surface area contributed by atoms with Crippen molar-refractivity contribution in [1.29, 1.82) is 0 Å². The second-order valence-electron chi connectivity index (χ2n) is 3.40. The first-order valence-electron chi connectivity index (χ1n) is 5.17. The Labute approximate surface area is 95.5 Å². The van der Waals surface area contributed by atoms with E-state index in [-0.39, 0.29) is 5.84 Å². The summed E-state index contributed by atoms with van der Waals surface area (Å²) >= 11 is 0. The molecule has 0 saturated heterocycles. The van der Waals surface area contributed by atoms with E-state index < -0.39 is 0 Å². The minimum Gasteiger partial charge on any atom is -0.409 e. The van der Waals surface area contributed by atoms with Crippen molar-refractivity contribution in [3.05, 3.63) is 48.0 Å². The van der Waals surface area contributed by atoms with Crippen molar-refractivity contribution in [2.45, 2.75) is 13.0 Å². The van der Waals surface area contributed by atoms with Crippen molar-refractivity contribution in [2.24, 2.45) is 10.9 Å². The van der Waals surface area contributed by atoms with Gasteiger partial charge in [0, 0.05) is 12.1 Å². The average Bonchev–Trinajstić information content (AvgIpc) is 2.34. The van der Waals surface area contributed by atoms with Crippen LogP contribution in [0.3, 0.4) is 0 Å². The van der Waals surface area contributed by atoms with E-state index in [1.807, 2.05) is 30.3 Å². The summed E-state index contributed by atoms with van der Waals surface area (Å²) in [7, 11) is 0. The highest BCUT2D eigenvalue weighted by Crippen LogP contribution is 2.07. The molecule has 0 spiro atoms. The molecule has 1 aromatic rings. The molecule has 0 saturated carbocycles. The molecule has 0 amide bonds. The average molecular weight is 219 g/mol. The van der Waals surface area contributed by atoms with Crippen LogP contribution in [0.4, 0.5) is 0 Å². The second kappa shape index (κ2) is 6.63. The van der Waals surface area contributed by atoms with Gasteiger partial charge in [0.2, 0.25) is 0 Å². The van der Waals surface area contributed by atoms with Gasteiger partial charge in [-0.3, -0.25) is 0 Å². The van der Waals surface area contributed by atoms with Gasteiger partial charge in [-0.15, -0.1) is 6.58 Å².